The quantitative estimate of drug-likeness (QED) is 0.801. The highest BCUT2D eigenvalue weighted by Crippen LogP contribution is 2.07. The third-order valence-corrected chi connectivity index (χ3v) is 2.30. The van der Waals surface area contributed by atoms with Gasteiger partial charge < -0.3 is 10.2 Å². The first-order chi connectivity index (χ1) is 8.15. The topological polar surface area (TPSA) is 45.2 Å². The number of hydrogen-bond acceptors (Lipinski definition) is 2. The first-order valence-corrected chi connectivity index (χ1v) is 5.52. The number of aromatic nitrogens is 1. The van der Waals surface area contributed by atoms with Crippen molar-refractivity contribution in [3.8, 4) is 12.3 Å². The van der Waals surface area contributed by atoms with Crippen molar-refractivity contribution in [2.75, 3.05) is 6.54 Å². The molecule has 0 bridgehead atoms. The average Bonchev–Trinajstić information content (AvgIpc) is 2.34. The molecule has 0 radical (unpaired) electrons. The normalized spacial score (nSPS) is 9.76. The summed E-state index contributed by atoms with van der Waals surface area (Å²) in [7, 11) is 0. The van der Waals surface area contributed by atoms with Crippen LogP contribution in [0.1, 0.15) is 19.4 Å². The van der Waals surface area contributed by atoms with Gasteiger partial charge in [0.1, 0.15) is 0 Å². The Balaban J connectivity index is 2.67. The third kappa shape index (κ3) is 4.15. The second-order valence-corrected chi connectivity index (χ2v) is 3.95. The van der Waals surface area contributed by atoms with Crippen molar-refractivity contribution in [3.05, 3.63) is 30.1 Å². The van der Waals surface area contributed by atoms with Crippen molar-refractivity contribution in [2.45, 2.75) is 26.4 Å². The van der Waals surface area contributed by atoms with E-state index < -0.39 is 0 Å². The van der Waals surface area contributed by atoms with E-state index in [1.54, 1.807) is 17.3 Å². The van der Waals surface area contributed by atoms with Crippen LogP contribution in [-0.4, -0.2) is 28.5 Å². The molecule has 1 aromatic rings. The van der Waals surface area contributed by atoms with E-state index in [1.807, 2.05) is 26.0 Å². The Morgan fingerprint density at radius 2 is 2.41 bits per heavy atom. The number of pyridine rings is 1. The van der Waals surface area contributed by atoms with Crippen LogP contribution < -0.4 is 5.32 Å². The summed E-state index contributed by atoms with van der Waals surface area (Å²) in [5, 5.41) is 2.66. The molecule has 0 saturated carbocycles. The molecule has 1 heterocycles. The van der Waals surface area contributed by atoms with E-state index in [0.717, 1.165) is 5.56 Å². The molecule has 0 atom stereocenters. The molecule has 0 aliphatic rings. The molecule has 4 nitrogen and oxygen atoms in total. The summed E-state index contributed by atoms with van der Waals surface area (Å²) in [5.74, 6) is 2.39. The summed E-state index contributed by atoms with van der Waals surface area (Å²) in [4.78, 5) is 17.6. The fourth-order valence-corrected chi connectivity index (χ4v) is 1.41. The fourth-order valence-electron chi connectivity index (χ4n) is 1.41. The zero-order valence-corrected chi connectivity index (χ0v) is 10.2. The van der Waals surface area contributed by atoms with Gasteiger partial charge in [0.25, 0.3) is 0 Å². The lowest BCUT2D eigenvalue weighted by Gasteiger charge is -2.26. The minimum Gasteiger partial charge on any atom is -0.327 e. The van der Waals surface area contributed by atoms with E-state index in [4.69, 9.17) is 6.42 Å². The van der Waals surface area contributed by atoms with Crippen LogP contribution in [0.4, 0.5) is 4.79 Å². The number of amides is 2. The molecule has 4 heteroatoms. The van der Waals surface area contributed by atoms with Crippen molar-refractivity contribution >= 4 is 6.03 Å². The van der Waals surface area contributed by atoms with Gasteiger partial charge in [-0.2, -0.15) is 0 Å². The number of rotatable bonds is 4. The summed E-state index contributed by atoms with van der Waals surface area (Å²) < 4.78 is 0. The van der Waals surface area contributed by atoms with Crippen LogP contribution in [0.2, 0.25) is 0 Å². The first-order valence-electron chi connectivity index (χ1n) is 5.52. The van der Waals surface area contributed by atoms with E-state index in [9.17, 15) is 4.79 Å². The van der Waals surface area contributed by atoms with Crippen molar-refractivity contribution in [3.63, 3.8) is 0 Å². The Morgan fingerprint density at radius 3 is 2.94 bits per heavy atom. The Labute approximate surface area is 102 Å². The Morgan fingerprint density at radius 1 is 1.65 bits per heavy atom. The van der Waals surface area contributed by atoms with Crippen molar-refractivity contribution in [1.82, 2.24) is 15.2 Å². The maximum Gasteiger partial charge on any atom is 0.318 e. The molecule has 1 N–H and O–H groups in total. The van der Waals surface area contributed by atoms with Crippen molar-refractivity contribution < 1.29 is 4.79 Å². The number of terminal acetylenes is 1. The second kappa shape index (κ2) is 6.54. The average molecular weight is 231 g/mol. The smallest absolute Gasteiger partial charge is 0.318 e. The highest BCUT2D eigenvalue weighted by molar-refractivity contribution is 5.74. The Kier molecular flexibility index (Phi) is 5.02. The van der Waals surface area contributed by atoms with Crippen LogP contribution in [0.15, 0.2) is 24.5 Å². The maximum atomic E-state index is 11.8. The van der Waals surface area contributed by atoms with Gasteiger partial charge in [-0.3, -0.25) is 4.98 Å². The molecule has 1 aromatic heterocycles. The molecule has 0 aliphatic carbocycles. The molecule has 90 valence electrons. The summed E-state index contributed by atoms with van der Waals surface area (Å²) in [6.07, 6.45) is 8.58. The zero-order chi connectivity index (χ0) is 12.7. The van der Waals surface area contributed by atoms with E-state index in [-0.39, 0.29) is 18.6 Å². The minimum absolute atomic E-state index is 0.105. The van der Waals surface area contributed by atoms with Gasteiger partial charge in [-0.1, -0.05) is 12.0 Å². The lowest BCUT2D eigenvalue weighted by molar-refractivity contribution is 0.181. The number of hydrogen-bond donors (Lipinski definition) is 1. The monoisotopic (exact) mass is 231 g/mol. The van der Waals surface area contributed by atoms with Gasteiger partial charge >= 0.3 is 6.03 Å². The highest BCUT2D eigenvalue weighted by atomic mass is 16.2. The van der Waals surface area contributed by atoms with Crippen LogP contribution in [0.5, 0.6) is 0 Å². The van der Waals surface area contributed by atoms with Gasteiger partial charge in [-0.05, 0) is 25.5 Å². The lowest BCUT2D eigenvalue weighted by atomic mass is 10.2. The van der Waals surface area contributed by atoms with Gasteiger partial charge in [0.05, 0.1) is 6.54 Å². The molecule has 0 saturated heterocycles. The van der Waals surface area contributed by atoms with Crippen LogP contribution in [0.25, 0.3) is 0 Å². The molecule has 1 rings (SSSR count). The number of nitrogens with zero attached hydrogens (tertiary/aromatic N) is 2. The SMILES string of the molecule is C#CCNC(=O)N(Cc1cccnc1)C(C)C. The molecular formula is C13H17N3O. The minimum atomic E-state index is -0.151. The predicted octanol–water partition coefficient (Wildman–Crippen LogP) is 1.63. The summed E-state index contributed by atoms with van der Waals surface area (Å²) in [5.41, 5.74) is 0.997. The van der Waals surface area contributed by atoms with E-state index in [1.165, 1.54) is 0 Å². The van der Waals surface area contributed by atoms with Gasteiger partial charge in [-0.15, -0.1) is 6.42 Å². The predicted molar refractivity (Wildman–Crippen MR) is 67.1 cm³/mol. The standard InChI is InChI=1S/C13H17N3O/c1-4-7-15-13(17)16(11(2)3)10-12-6-5-8-14-9-12/h1,5-6,8-9,11H,7,10H2,2-3H3,(H,15,17). The molecule has 0 spiro atoms. The first kappa shape index (κ1) is 13.0. The Hall–Kier alpha value is -2.02. The van der Waals surface area contributed by atoms with Crippen LogP contribution in [-0.2, 0) is 6.54 Å². The summed E-state index contributed by atoms with van der Waals surface area (Å²) in [6.45, 7) is 4.70. The highest BCUT2D eigenvalue weighted by Gasteiger charge is 2.16. The summed E-state index contributed by atoms with van der Waals surface area (Å²) >= 11 is 0. The summed E-state index contributed by atoms with van der Waals surface area (Å²) in [6, 6.07) is 3.75. The molecule has 0 aliphatic heterocycles. The van der Waals surface area contributed by atoms with Crippen LogP contribution in [0, 0.1) is 12.3 Å². The van der Waals surface area contributed by atoms with Crippen LogP contribution >= 0.6 is 0 Å². The van der Waals surface area contributed by atoms with Gasteiger partial charge in [0.2, 0.25) is 0 Å². The molecule has 0 fully saturated rings. The lowest BCUT2D eigenvalue weighted by Crippen LogP contribution is -2.43. The largest absolute Gasteiger partial charge is 0.327 e. The van der Waals surface area contributed by atoms with Gasteiger partial charge in [0, 0.05) is 25.0 Å². The van der Waals surface area contributed by atoms with E-state index in [2.05, 4.69) is 16.2 Å². The molecule has 17 heavy (non-hydrogen) atoms. The van der Waals surface area contributed by atoms with E-state index >= 15 is 0 Å². The molecule has 0 unspecified atom stereocenters. The van der Waals surface area contributed by atoms with Gasteiger partial charge in [-0.25, -0.2) is 4.79 Å². The molecular weight excluding hydrogens is 214 g/mol. The zero-order valence-electron chi connectivity index (χ0n) is 10.2. The second-order valence-electron chi connectivity index (χ2n) is 3.95. The third-order valence-electron chi connectivity index (χ3n) is 2.30. The number of urea groups is 1. The molecule has 0 aromatic carbocycles. The Bertz CT molecular complexity index is 395. The van der Waals surface area contributed by atoms with E-state index in [0.29, 0.717) is 6.54 Å². The van der Waals surface area contributed by atoms with Crippen molar-refractivity contribution in [2.24, 2.45) is 0 Å². The number of nitrogens with one attached hydrogen (secondary N) is 1. The maximum absolute atomic E-state index is 11.8. The van der Waals surface area contributed by atoms with Crippen LogP contribution in [0.3, 0.4) is 0 Å². The number of carbonyl (C=O) groups excluding carboxylic acids is 1. The number of carbonyl (C=O) groups is 1. The van der Waals surface area contributed by atoms with Crippen molar-refractivity contribution in [1.29, 1.82) is 0 Å². The molecule has 2 amide bonds. The fraction of sp³-hybridized carbons (Fsp3) is 0.385. The van der Waals surface area contributed by atoms with Gasteiger partial charge in [0.15, 0.2) is 0 Å².